The lowest BCUT2D eigenvalue weighted by Crippen LogP contribution is -2.29. The average Bonchev–Trinajstić information content (AvgIpc) is 2.97. The maximum Gasteiger partial charge on any atom is 0.347 e. The van der Waals surface area contributed by atoms with Gasteiger partial charge in [0.2, 0.25) is 5.91 Å². The summed E-state index contributed by atoms with van der Waals surface area (Å²) in [4.78, 5) is 24.9. The fourth-order valence-corrected chi connectivity index (χ4v) is 1.54. The van der Waals surface area contributed by atoms with Crippen molar-refractivity contribution in [2.24, 2.45) is 0 Å². The van der Waals surface area contributed by atoms with Gasteiger partial charge in [-0.25, -0.2) is 4.79 Å². The summed E-state index contributed by atoms with van der Waals surface area (Å²) < 4.78 is 1.22. The molecule has 0 saturated heterocycles. The number of nitrogens with zero attached hydrogens (tertiary/aromatic N) is 6. The minimum absolute atomic E-state index is 0.0926. The lowest BCUT2D eigenvalue weighted by atomic mass is 10.1. The van der Waals surface area contributed by atoms with Crippen molar-refractivity contribution in [1.82, 2.24) is 30.0 Å². The van der Waals surface area contributed by atoms with Crippen molar-refractivity contribution < 1.29 is 9.59 Å². The second-order valence-corrected chi connectivity index (χ2v) is 5.76. The monoisotopic (exact) mass is 332 g/mol. The third-order valence-corrected chi connectivity index (χ3v) is 3.21. The number of hydrogen-bond donors (Lipinski definition) is 0. The number of rotatable bonds is 2. The number of carbonyl (C=O) groups is 2. The van der Waals surface area contributed by atoms with Gasteiger partial charge in [0.15, 0.2) is 5.82 Å². The van der Waals surface area contributed by atoms with Crippen molar-refractivity contribution in [2.75, 3.05) is 28.2 Å². The van der Waals surface area contributed by atoms with E-state index in [1.165, 1.54) is 27.0 Å². The molecule has 0 unspecified atom stereocenters. The summed E-state index contributed by atoms with van der Waals surface area (Å²) in [5.41, 5.74) is 2.27. The number of benzene rings is 1. The van der Waals surface area contributed by atoms with E-state index in [9.17, 15) is 9.59 Å². The van der Waals surface area contributed by atoms with Gasteiger partial charge in [0.05, 0.1) is 0 Å². The lowest BCUT2D eigenvalue weighted by molar-refractivity contribution is -0.126. The Morgan fingerprint density at radius 3 is 2.04 bits per heavy atom. The van der Waals surface area contributed by atoms with Gasteiger partial charge in [0, 0.05) is 41.5 Å². The van der Waals surface area contributed by atoms with Crippen LogP contribution < -0.4 is 0 Å². The molecule has 0 aliphatic heterocycles. The molecule has 8 nitrogen and oxygen atoms in total. The smallest absolute Gasteiger partial charge is 0.347 e. The van der Waals surface area contributed by atoms with Crippen LogP contribution in [-0.2, 0) is 11.2 Å². The Morgan fingerprint density at radius 1 is 1.04 bits per heavy atom. The van der Waals surface area contributed by atoms with Gasteiger partial charge in [-0.05, 0) is 22.9 Å². The van der Waals surface area contributed by atoms with Gasteiger partial charge in [0.1, 0.15) is 0 Å². The number of aryl methyl sites for hydroxylation is 1. The Hall–Kier alpha value is -2.77. The molecule has 8 heteroatoms. The molecule has 0 bridgehead atoms. The maximum atomic E-state index is 11.8. The summed E-state index contributed by atoms with van der Waals surface area (Å²) in [5.74, 6) is 0.632. The van der Waals surface area contributed by atoms with E-state index in [4.69, 9.17) is 0 Å². The minimum Gasteiger partial charge on any atom is -0.349 e. The first kappa shape index (κ1) is 19.3. The molecular weight excluding hydrogens is 308 g/mol. The van der Waals surface area contributed by atoms with Crippen molar-refractivity contribution in [2.45, 2.75) is 20.3 Å². The van der Waals surface area contributed by atoms with Crippen LogP contribution in [-0.4, -0.2) is 70.1 Å². The van der Waals surface area contributed by atoms with Crippen molar-refractivity contribution >= 4 is 11.9 Å². The zero-order valence-electron chi connectivity index (χ0n) is 15.0. The van der Waals surface area contributed by atoms with Gasteiger partial charge in [-0.1, -0.05) is 29.8 Å². The highest BCUT2D eigenvalue weighted by Gasteiger charge is 2.15. The van der Waals surface area contributed by atoms with E-state index in [0.29, 0.717) is 12.2 Å². The Morgan fingerprint density at radius 2 is 1.58 bits per heavy atom. The Labute approximate surface area is 142 Å². The number of amides is 2. The van der Waals surface area contributed by atoms with E-state index >= 15 is 0 Å². The second kappa shape index (κ2) is 8.76. The van der Waals surface area contributed by atoms with Gasteiger partial charge in [-0.3, -0.25) is 4.79 Å². The molecule has 0 aliphatic carbocycles. The summed E-state index contributed by atoms with van der Waals surface area (Å²) >= 11 is 0. The Balaban J connectivity index is 0.000000413. The summed E-state index contributed by atoms with van der Waals surface area (Å²) in [6.45, 7) is 3.56. The van der Waals surface area contributed by atoms with Gasteiger partial charge >= 0.3 is 6.03 Å². The van der Waals surface area contributed by atoms with Crippen LogP contribution in [0.5, 0.6) is 0 Å². The molecule has 2 rings (SSSR count). The SMILES string of the molecule is CC(=O)N(C)C.Cc1ccc(Cc2nnnn2C(=O)N(C)C)cc1. The van der Waals surface area contributed by atoms with Gasteiger partial charge < -0.3 is 9.80 Å². The maximum absolute atomic E-state index is 11.8. The van der Waals surface area contributed by atoms with Gasteiger partial charge in [-0.15, -0.1) is 9.78 Å². The number of carbonyl (C=O) groups excluding carboxylic acids is 2. The molecule has 0 radical (unpaired) electrons. The zero-order valence-corrected chi connectivity index (χ0v) is 15.0. The normalized spacial score (nSPS) is 9.75. The molecule has 130 valence electrons. The fourth-order valence-electron chi connectivity index (χ4n) is 1.54. The summed E-state index contributed by atoms with van der Waals surface area (Å²) in [6.07, 6.45) is 0.535. The van der Waals surface area contributed by atoms with Crippen molar-refractivity contribution in [3.8, 4) is 0 Å². The topological polar surface area (TPSA) is 84.2 Å². The van der Waals surface area contributed by atoms with E-state index in [-0.39, 0.29) is 11.9 Å². The summed E-state index contributed by atoms with van der Waals surface area (Å²) in [6, 6.07) is 7.82. The first-order chi connectivity index (χ1) is 11.2. The van der Waals surface area contributed by atoms with E-state index in [2.05, 4.69) is 15.5 Å². The summed E-state index contributed by atoms with van der Waals surface area (Å²) in [7, 11) is 6.78. The molecule has 2 aromatic rings. The highest BCUT2D eigenvalue weighted by Crippen LogP contribution is 2.08. The molecule has 1 aromatic carbocycles. The average molecular weight is 332 g/mol. The van der Waals surface area contributed by atoms with E-state index in [0.717, 1.165) is 5.56 Å². The highest BCUT2D eigenvalue weighted by molar-refractivity contribution is 5.75. The van der Waals surface area contributed by atoms with E-state index in [1.54, 1.807) is 28.2 Å². The third-order valence-electron chi connectivity index (χ3n) is 3.21. The zero-order chi connectivity index (χ0) is 18.3. The van der Waals surface area contributed by atoms with Crippen LogP contribution in [0.15, 0.2) is 24.3 Å². The van der Waals surface area contributed by atoms with Crippen LogP contribution in [0.4, 0.5) is 4.79 Å². The number of aromatic nitrogens is 4. The van der Waals surface area contributed by atoms with Crippen molar-refractivity contribution in [1.29, 1.82) is 0 Å². The lowest BCUT2D eigenvalue weighted by Gasteiger charge is -2.10. The van der Waals surface area contributed by atoms with E-state index in [1.807, 2.05) is 31.2 Å². The predicted molar refractivity (Wildman–Crippen MR) is 90.7 cm³/mol. The van der Waals surface area contributed by atoms with Gasteiger partial charge in [-0.2, -0.15) is 0 Å². The van der Waals surface area contributed by atoms with Crippen LogP contribution in [0.3, 0.4) is 0 Å². The van der Waals surface area contributed by atoms with Crippen LogP contribution in [0.2, 0.25) is 0 Å². The van der Waals surface area contributed by atoms with E-state index < -0.39 is 0 Å². The highest BCUT2D eigenvalue weighted by atomic mass is 16.2. The number of tetrazole rings is 1. The molecule has 2 amide bonds. The standard InChI is InChI=1S/C12H15N5O.C4H9NO/c1-9-4-6-10(7-5-9)8-11-13-14-15-17(11)12(18)16(2)3;1-4(6)5(2)3/h4-7H,8H2,1-3H3;1-3H3. The van der Waals surface area contributed by atoms with Crippen LogP contribution in [0.25, 0.3) is 0 Å². The largest absolute Gasteiger partial charge is 0.349 e. The van der Waals surface area contributed by atoms with Crippen molar-refractivity contribution in [3.63, 3.8) is 0 Å². The predicted octanol–water partition coefficient (Wildman–Crippen LogP) is 1.20. The van der Waals surface area contributed by atoms with Crippen LogP contribution >= 0.6 is 0 Å². The fraction of sp³-hybridized carbons (Fsp3) is 0.438. The van der Waals surface area contributed by atoms with Crippen LogP contribution in [0.1, 0.15) is 23.9 Å². The summed E-state index contributed by atoms with van der Waals surface area (Å²) in [5, 5.41) is 11.2. The minimum atomic E-state index is -0.248. The third kappa shape index (κ3) is 5.79. The Bertz CT molecular complexity index is 676. The molecular formula is C16H24N6O2. The quantitative estimate of drug-likeness (QED) is 0.772. The molecule has 24 heavy (non-hydrogen) atoms. The van der Waals surface area contributed by atoms with Crippen molar-refractivity contribution in [3.05, 3.63) is 41.2 Å². The number of hydrogen-bond acceptors (Lipinski definition) is 5. The second-order valence-electron chi connectivity index (χ2n) is 5.76. The molecule has 0 aliphatic rings. The Kier molecular flexibility index (Phi) is 7.03. The molecule has 1 heterocycles. The van der Waals surface area contributed by atoms with Gasteiger partial charge in [0.25, 0.3) is 0 Å². The molecule has 0 N–H and O–H groups in total. The molecule has 0 saturated carbocycles. The molecule has 0 spiro atoms. The first-order valence-electron chi connectivity index (χ1n) is 7.44. The molecule has 1 aromatic heterocycles. The molecule has 0 fully saturated rings. The van der Waals surface area contributed by atoms with Crippen LogP contribution in [0, 0.1) is 6.92 Å². The first-order valence-corrected chi connectivity index (χ1v) is 7.44. The molecule has 0 atom stereocenters.